The molecular weight excluding hydrogens is 621 g/mol. The first-order valence-corrected chi connectivity index (χ1v) is 18.8. The molecule has 9 aromatic rings. The maximum Gasteiger partial charge on any atom is 0.230 e. The number of fused-ring (bicyclic) bond motifs is 5. The zero-order valence-corrected chi connectivity index (χ0v) is 28.2. The molecule has 0 N–H and O–H groups in total. The highest BCUT2D eigenvalue weighted by Gasteiger charge is 2.38. The lowest BCUT2D eigenvalue weighted by molar-refractivity contribution is 1.21. The van der Waals surface area contributed by atoms with Gasteiger partial charge < -0.3 is 4.57 Å². The van der Waals surface area contributed by atoms with Gasteiger partial charge in [0.1, 0.15) is 0 Å². The third-order valence-electron chi connectivity index (χ3n) is 9.91. The number of hydrogen-bond acceptors (Lipinski definition) is 0. The Morgan fingerprint density at radius 3 is 1.40 bits per heavy atom. The van der Waals surface area contributed by atoms with Crippen LogP contribution < -0.4 is 15.6 Å². The van der Waals surface area contributed by atoms with Crippen LogP contribution >= 0.6 is 0 Å². The smallest absolute Gasteiger partial charge is 0.230 e. The summed E-state index contributed by atoms with van der Waals surface area (Å²) in [5, 5.41) is 10.5. The molecule has 0 fully saturated rings. The normalized spacial score (nSPS) is 11.4. The molecule has 8 aromatic carbocycles. The molecule has 0 radical (unpaired) electrons. The van der Waals surface area contributed by atoms with E-state index in [4.69, 9.17) is 6.57 Å². The van der Waals surface area contributed by atoms with E-state index in [2.05, 4.69) is 191 Å². The monoisotopic (exact) mass is 650 g/mol. The zero-order chi connectivity index (χ0) is 33.5. The summed E-state index contributed by atoms with van der Waals surface area (Å²) in [4.78, 5) is 3.76. The molecule has 0 aliphatic rings. The summed E-state index contributed by atoms with van der Waals surface area (Å²) in [7, 11) is -2.82. The second kappa shape index (κ2) is 12.1. The van der Waals surface area contributed by atoms with E-state index in [-0.39, 0.29) is 0 Å². The molecule has 0 spiro atoms. The zero-order valence-electron chi connectivity index (χ0n) is 27.2. The summed E-state index contributed by atoms with van der Waals surface area (Å²) in [6.45, 7) is 7.69. The van der Waals surface area contributed by atoms with Crippen molar-refractivity contribution >= 4 is 72.7 Å². The van der Waals surface area contributed by atoms with Crippen molar-refractivity contribution in [3.8, 4) is 17.2 Å². The SMILES string of the molecule is [C-]#[N+]c1ccc2c(c1)c1ccccc1n2-c1c2ccccc2c(C#C[Si](c2ccccc2)(c2ccccc2)c2ccccc2)c2ccccc12. The molecule has 0 bridgehead atoms. The number of nitrogens with zero attached hydrogens (tertiary/aromatic N) is 2. The highest BCUT2D eigenvalue weighted by molar-refractivity contribution is 7.16. The molecule has 9 rings (SSSR count). The van der Waals surface area contributed by atoms with Gasteiger partial charge in [-0.25, -0.2) is 4.85 Å². The summed E-state index contributed by atoms with van der Waals surface area (Å²) in [6.07, 6.45) is 0. The average molecular weight is 651 g/mol. The van der Waals surface area contributed by atoms with Gasteiger partial charge in [-0.3, -0.25) is 0 Å². The molecule has 0 amide bonds. The summed E-state index contributed by atoms with van der Waals surface area (Å²) >= 11 is 0. The third-order valence-corrected chi connectivity index (χ3v) is 14.0. The summed E-state index contributed by atoms with van der Waals surface area (Å²) < 4.78 is 2.39. The lowest BCUT2D eigenvalue weighted by Crippen LogP contribution is -2.66. The van der Waals surface area contributed by atoms with Gasteiger partial charge in [0.25, 0.3) is 0 Å². The van der Waals surface area contributed by atoms with Crippen LogP contribution in [0.3, 0.4) is 0 Å². The molecule has 0 unspecified atom stereocenters. The van der Waals surface area contributed by atoms with Crippen molar-refractivity contribution in [1.29, 1.82) is 0 Å². The predicted octanol–water partition coefficient (Wildman–Crippen LogP) is 9.70. The van der Waals surface area contributed by atoms with Crippen molar-refractivity contribution in [3.05, 3.63) is 199 Å². The third kappa shape index (κ3) is 4.57. The number of rotatable bonds is 4. The summed E-state index contributed by atoms with van der Waals surface area (Å²) in [5.74, 6) is 3.90. The van der Waals surface area contributed by atoms with Crippen molar-refractivity contribution in [2.75, 3.05) is 0 Å². The fourth-order valence-electron chi connectivity index (χ4n) is 7.69. The van der Waals surface area contributed by atoms with Crippen LogP contribution in [0.1, 0.15) is 5.56 Å². The molecule has 1 heterocycles. The number of benzene rings is 8. The summed E-state index contributed by atoms with van der Waals surface area (Å²) in [5.41, 5.74) is 9.06. The molecule has 0 atom stereocenters. The van der Waals surface area contributed by atoms with Gasteiger partial charge in [0.2, 0.25) is 8.07 Å². The maximum atomic E-state index is 7.69. The minimum atomic E-state index is -2.82. The second-order valence-electron chi connectivity index (χ2n) is 12.6. The molecule has 0 aliphatic heterocycles. The van der Waals surface area contributed by atoms with Crippen molar-refractivity contribution in [2.24, 2.45) is 0 Å². The Hall–Kier alpha value is -6.65. The average Bonchev–Trinajstić information content (AvgIpc) is 3.52. The van der Waals surface area contributed by atoms with Gasteiger partial charge in [0.15, 0.2) is 5.69 Å². The van der Waals surface area contributed by atoms with Gasteiger partial charge in [0, 0.05) is 32.5 Å². The van der Waals surface area contributed by atoms with Crippen LogP contribution in [0.15, 0.2) is 182 Å². The molecule has 3 heteroatoms. The number of hydrogen-bond donors (Lipinski definition) is 0. The molecule has 0 aliphatic carbocycles. The first-order chi connectivity index (χ1) is 24.8. The van der Waals surface area contributed by atoms with E-state index in [1.807, 2.05) is 12.1 Å². The van der Waals surface area contributed by atoms with Crippen LogP contribution in [0.5, 0.6) is 0 Å². The highest BCUT2D eigenvalue weighted by Crippen LogP contribution is 2.41. The minimum Gasteiger partial charge on any atom is -0.308 e. The first-order valence-electron chi connectivity index (χ1n) is 16.8. The molecule has 2 nitrogen and oxygen atoms in total. The largest absolute Gasteiger partial charge is 0.308 e. The summed E-state index contributed by atoms with van der Waals surface area (Å²) in [6, 6.07) is 64.5. The maximum absolute atomic E-state index is 7.69. The number of para-hydroxylation sites is 1. The van der Waals surface area contributed by atoms with E-state index in [0.29, 0.717) is 5.69 Å². The van der Waals surface area contributed by atoms with E-state index in [1.54, 1.807) is 0 Å². The fraction of sp³-hybridized carbons (Fsp3) is 0. The number of aromatic nitrogens is 1. The van der Waals surface area contributed by atoms with Gasteiger partial charge in [-0.1, -0.05) is 170 Å². The van der Waals surface area contributed by atoms with Crippen LogP contribution in [-0.4, -0.2) is 12.6 Å². The Balaban J connectivity index is 1.40. The molecule has 0 saturated heterocycles. The van der Waals surface area contributed by atoms with E-state index >= 15 is 0 Å². The van der Waals surface area contributed by atoms with Gasteiger partial charge in [-0.05, 0) is 39.1 Å². The van der Waals surface area contributed by atoms with Gasteiger partial charge in [0.05, 0.1) is 23.3 Å². The Morgan fingerprint density at radius 2 is 0.880 bits per heavy atom. The minimum absolute atomic E-state index is 0.642. The van der Waals surface area contributed by atoms with Crippen LogP contribution in [0.2, 0.25) is 0 Å². The second-order valence-corrected chi connectivity index (χ2v) is 16.1. The van der Waals surface area contributed by atoms with E-state index in [0.717, 1.165) is 54.6 Å². The van der Waals surface area contributed by atoms with Crippen molar-refractivity contribution < 1.29 is 0 Å². The highest BCUT2D eigenvalue weighted by atomic mass is 28.3. The van der Waals surface area contributed by atoms with Crippen LogP contribution in [0.25, 0.3) is 53.9 Å². The predicted molar refractivity (Wildman–Crippen MR) is 213 cm³/mol. The van der Waals surface area contributed by atoms with Crippen LogP contribution in [0, 0.1) is 18.0 Å². The van der Waals surface area contributed by atoms with Crippen LogP contribution in [0.4, 0.5) is 5.69 Å². The topological polar surface area (TPSA) is 9.29 Å². The Labute approximate surface area is 292 Å². The quantitative estimate of drug-likeness (QED) is 0.0590. The van der Waals surface area contributed by atoms with Gasteiger partial charge in [-0.15, -0.1) is 5.54 Å². The Bertz CT molecular complexity index is 2660. The fourth-order valence-corrected chi connectivity index (χ4v) is 11.5. The van der Waals surface area contributed by atoms with Crippen molar-refractivity contribution in [1.82, 2.24) is 4.57 Å². The van der Waals surface area contributed by atoms with Gasteiger partial charge >= 0.3 is 0 Å². The molecule has 232 valence electrons. The molecule has 50 heavy (non-hydrogen) atoms. The van der Waals surface area contributed by atoms with E-state index in [1.165, 1.54) is 15.6 Å². The van der Waals surface area contributed by atoms with Gasteiger partial charge in [-0.2, -0.15) is 0 Å². The Kier molecular flexibility index (Phi) is 7.14. The Morgan fingerprint density at radius 1 is 0.440 bits per heavy atom. The molecular formula is C47H30N2Si. The molecule has 1 aromatic heterocycles. The van der Waals surface area contributed by atoms with E-state index < -0.39 is 8.07 Å². The van der Waals surface area contributed by atoms with Crippen molar-refractivity contribution in [3.63, 3.8) is 0 Å². The first kappa shape index (κ1) is 29.5. The lowest BCUT2D eigenvalue weighted by atomic mass is 9.95. The lowest BCUT2D eigenvalue weighted by Gasteiger charge is -2.28. The van der Waals surface area contributed by atoms with E-state index in [9.17, 15) is 0 Å². The molecule has 0 saturated carbocycles. The standard InChI is InChI=1S/C47H30N2Si/c1-48-34-29-30-46-44(33-34)41-25-15-16-28-45(41)49(46)47-42-26-13-11-23-38(42)40(39-24-12-14-27-43(39)47)31-32-50(35-17-5-2-6-18-35,36-19-7-3-8-20-36)37-21-9-4-10-22-37/h2-30,33H. The van der Waals surface area contributed by atoms with Crippen LogP contribution in [-0.2, 0) is 0 Å². The van der Waals surface area contributed by atoms with Crippen molar-refractivity contribution in [2.45, 2.75) is 0 Å².